The zero-order valence-corrected chi connectivity index (χ0v) is 17.0. The van der Waals surface area contributed by atoms with Gasteiger partial charge in [0.15, 0.2) is 0 Å². The highest BCUT2D eigenvalue weighted by molar-refractivity contribution is 4.80. The molecule has 2 rings (SSSR count). The van der Waals surface area contributed by atoms with Crippen molar-refractivity contribution in [3.05, 3.63) is 0 Å². The minimum atomic E-state index is 0.720. The summed E-state index contributed by atoms with van der Waals surface area (Å²) in [4.78, 5) is 8.07. The molecule has 2 saturated heterocycles. The molecule has 0 amide bonds. The Morgan fingerprint density at radius 1 is 0.792 bits per heavy atom. The van der Waals surface area contributed by atoms with E-state index >= 15 is 0 Å². The Labute approximate surface area is 151 Å². The van der Waals surface area contributed by atoms with Crippen molar-refractivity contribution >= 4 is 0 Å². The summed E-state index contributed by atoms with van der Waals surface area (Å²) >= 11 is 0. The number of rotatable bonds is 10. The molecule has 0 aromatic carbocycles. The topological polar surface area (TPSA) is 9.72 Å². The molecular formula is C21H43N3. The Balaban J connectivity index is 1.47. The van der Waals surface area contributed by atoms with Crippen LogP contribution in [-0.2, 0) is 0 Å². The van der Waals surface area contributed by atoms with E-state index in [2.05, 4.69) is 42.4 Å². The quantitative estimate of drug-likeness (QED) is 0.556. The van der Waals surface area contributed by atoms with Crippen molar-refractivity contribution in [2.45, 2.75) is 84.7 Å². The van der Waals surface area contributed by atoms with Crippen LogP contribution in [0.5, 0.6) is 0 Å². The van der Waals surface area contributed by atoms with E-state index in [-0.39, 0.29) is 0 Å². The fourth-order valence-electron chi connectivity index (χ4n) is 4.51. The van der Waals surface area contributed by atoms with Gasteiger partial charge in [-0.3, -0.25) is 4.90 Å². The molecule has 3 heteroatoms. The molecule has 142 valence electrons. The van der Waals surface area contributed by atoms with Gasteiger partial charge in [-0.2, -0.15) is 0 Å². The average molecular weight is 338 g/mol. The maximum absolute atomic E-state index is 2.78. The second-order valence-electron chi connectivity index (χ2n) is 8.85. The Morgan fingerprint density at radius 3 is 2.08 bits per heavy atom. The Morgan fingerprint density at radius 2 is 1.46 bits per heavy atom. The molecular weight excluding hydrogens is 294 g/mol. The standard InChI is InChI=1S/C21H43N3/c1-19(2)18-21-10-9-13-24(21)12-8-6-5-7-11-22-14-16-23(17-15-22)20(3)4/h19-21H,5-18H2,1-4H3. The second kappa shape index (κ2) is 10.8. The molecule has 0 N–H and O–H groups in total. The van der Waals surface area contributed by atoms with E-state index in [1.165, 1.54) is 90.8 Å². The van der Waals surface area contributed by atoms with Gasteiger partial charge in [0.05, 0.1) is 0 Å². The summed E-state index contributed by atoms with van der Waals surface area (Å²) in [5.41, 5.74) is 0. The molecule has 1 unspecified atom stereocenters. The van der Waals surface area contributed by atoms with Crippen LogP contribution in [0.1, 0.15) is 72.6 Å². The molecule has 3 nitrogen and oxygen atoms in total. The van der Waals surface area contributed by atoms with E-state index in [1.54, 1.807) is 0 Å². The molecule has 0 radical (unpaired) electrons. The first-order valence-electron chi connectivity index (χ1n) is 10.8. The molecule has 1 atom stereocenters. The second-order valence-corrected chi connectivity index (χ2v) is 8.85. The zero-order chi connectivity index (χ0) is 17.4. The smallest absolute Gasteiger partial charge is 0.0113 e. The van der Waals surface area contributed by atoms with Gasteiger partial charge in [-0.05, 0) is 71.5 Å². The highest BCUT2D eigenvalue weighted by Gasteiger charge is 2.24. The first kappa shape index (κ1) is 20.2. The van der Waals surface area contributed by atoms with Crippen molar-refractivity contribution in [3.8, 4) is 0 Å². The van der Waals surface area contributed by atoms with Crippen molar-refractivity contribution in [1.29, 1.82) is 0 Å². The van der Waals surface area contributed by atoms with E-state index in [0.717, 1.165) is 18.0 Å². The first-order chi connectivity index (χ1) is 11.6. The number of likely N-dealkylation sites (tertiary alicyclic amines) is 1. The predicted molar refractivity (Wildman–Crippen MR) is 106 cm³/mol. The molecule has 0 aliphatic carbocycles. The molecule has 0 saturated carbocycles. The Bertz CT molecular complexity index is 321. The first-order valence-corrected chi connectivity index (χ1v) is 10.8. The Kier molecular flexibility index (Phi) is 9.07. The lowest BCUT2D eigenvalue weighted by atomic mass is 10.0. The average Bonchev–Trinajstić information content (AvgIpc) is 2.97. The normalized spacial score (nSPS) is 24.5. The largest absolute Gasteiger partial charge is 0.301 e. The number of piperazine rings is 1. The lowest BCUT2D eigenvalue weighted by Crippen LogP contribution is -2.48. The Hall–Kier alpha value is -0.120. The van der Waals surface area contributed by atoms with Gasteiger partial charge in [0.25, 0.3) is 0 Å². The third-order valence-corrected chi connectivity index (χ3v) is 6.05. The molecule has 2 heterocycles. The van der Waals surface area contributed by atoms with Gasteiger partial charge < -0.3 is 9.80 Å². The highest BCUT2D eigenvalue weighted by Crippen LogP contribution is 2.23. The lowest BCUT2D eigenvalue weighted by molar-refractivity contribution is 0.107. The number of nitrogens with zero attached hydrogens (tertiary/aromatic N) is 3. The third kappa shape index (κ3) is 7.01. The van der Waals surface area contributed by atoms with Gasteiger partial charge in [0.2, 0.25) is 0 Å². The van der Waals surface area contributed by atoms with Crippen molar-refractivity contribution in [3.63, 3.8) is 0 Å². The summed E-state index contributed by atoms with van der Waals surface area (Å²) < 4.78 is 0. The molecule has 0 aromatic heterocycles. The molecule has 0 aromatic rings. The van der Waals surface area contributed by atoms with Crippen LogP contribution in [0.25, 0.3) is 0 Å². The number of hydrogen-bond acceptors (Lipinski definition) is 3. The van der Waals surface area contributed by atoms with Gasteiger partial charge in [-0.1, -0.05) is 26.7 Å². The minimum Gasteiger partial charge on any atom is -0.301 e. The SMILES string of the molecule is CC(C)CC1CCCN1CCCCCCN1CCN(C(C)C)CC1. The van der Waals surface area contributed by atoms with Crippen LogP contribution in [0.3, 0.4) is 0 Å². The maximum Gasteiger partial charge on any atom is 0.0113 e. The predicted octanol–water partition coefficient (Wildman–Crippen LogP) is 4.08. The summed E-state index contributed by atoms with van der Waals surface area (Å²) in [5, 5.41) is 0. The van der Waals surface area contributed by atoms with Crippen LogP contribution >= 0.6 is 0 Å². The van der Waals surface area contributed by atoms with Crippen LogP contribution in [0.4, 0.5) is 0 Å². The van der Waals surface area contributed by atoms with Gasteiger partial charge in [0.1, 0.15) is 0 Å². The van der Waals surface area contributed by atoms with Crippen LogP contribution in [0.2, 0.25) is 0 Å². The van der Waals surface area contributed by atoms with Crippen LogP contribution in [-0.4, -0.2) is 72.6 Å². The molecule has 2 aliphatic heterocycles. The molecule has 0 spiro atoms. The summed E-state index contributed by atoms with van der Waals surface area (Å²) in [6.45, 7) is 18.5. The summed E-state index contributed by atoms with van der Waals surface area (Å²) in [6.07, 6.45) is 9.94. The van der Waals surface area contributed by atoms with Crippen molar-refractivity contribution in [1.82, 2.24) is 14.7 Å². The van der Waals surface area contributed by atoms with E-state index in [4.69, 9.17) is 0 Å². The monoisotopic (exact) mass is 337 g/mol. The third-order valence-electron chi connectivity index (χ3n) is 6.05. The molecule has 0 bridgehead atoms. The fraction of sp³-hybridized carbons (Fsp3) is 1.00. The van der Waals surface area contributed by atoms with Gasteiger partial charge in [0, 0.05) is 38.3 Å². The summed E-state index contributed by atoms with van der Waals surface area (Å²) in [7, 11) is 0. The van der Waals surface area contributed by atoms with Crippen molar-refractivity contribution in [2.75, 3.05) is 45.8 Å². The summed E-state index contributed by atoms with van der Waals surface area (Å²) in [6, 6.07) is 1.61. The van der Waals surface area contributed by atoms with Crippen LogP contribution in [0.15, 0.2) is 0 Å². The summed E-state index contributed by atoms with van der Waals surface area (Å²) in [5.74, 6) is 0.853. The highest BCUT2D eigenvalue weighted by atomic mass is 15.3. The fourth-order valence-corrected chi connectivity index (χ4v) is 4.51. The van der Waals surface area contributed by atoms with Gasteiger partial charge in [-0.25, -0.2) is 0 Å². The van der Waals surface area contributed by atoms with E-state index in [1.807, 2.05) is 0 Å². The van der Waals surface area contributed by atoms with Gasteiger partial charge >= 0.3 is 0 Å². The maximum atomic E-state index is 2.78. The van der Waals surface area contributed by atoms with E-state index in [9.17, 15) is 0 Å². The van der Waals surface area contributed by atoms with Crippen LogP contribution < -0.4 is 0 Å². The zero-order valence-electron chi connectivity index (χ0n) is 17.0. The minimum absolute atomic E-state index is 0.720. The molecule has 2 aliphatic rings. The van der Waals surface area contributed by atoms with Crippen molar-refractivity contribution in [2.24, 2.45) is 5.92 Å². The van der Waals surface area contributed by atoms with Crippen molar-refractivity contribution < 1.29 is 0 Å². The van der Waals surface area contributed by atoms with E-state index < -0.39 is 0 Å². The molecule has 2 fully saturated rings. The lowest BCUT2D eigenvalue weighted by Gasteiger charge is -2.36. The van der Waals surface area contributed by atoms with Crippen LogP contribution in [0, 0.1) is 5.92 Å². The van der Waals surface area contributed by atoms with E-state index in [0.29, 0.717) is 0 Å². The number of hydrogen-bond donors (Lipinski definition) is 0. The number of unbranched alkanes of at least 4 members (excludes halogenated alkanes) is 3. The van der Waals surface area contributed by atoms with Gasteiger partial charge in [-0.15, -0.1) is 0 Å². The molecule has 24 heavy (non-hydrogen) atoms.